The predicted molar refractivity (Wildman–Crippen MR) is 82.8 cm³/mol. The Morgan fingerprint density at radius 3 is 2.68 bits per heavy atom. The van der Waals surface area contributed by atoms with Gasteiger partial charge >= 0.3 is 0 Å². The Kier molecular flexibility index (Phi) is 3.16. The van der Waals surface area contributed by atoms with Crippen molar-refractivity contribution < 1.29 is 0 Å². The lowest BCUT2D eigenvalue weighted by molar-refractivity contribution is 1.04. The van der Waals surface area contributed by atoms with E-state index >= 15 is 0 Å². The van der Waals surface area contributed by atoms with Gasteiger partial charge in [-0.05, 0) is 61.3 Å². The maximum atomic E-state index is 5.40. The van der Waals surface area contributed by atoms with E-state index in [2.05, 4.69) is 46.6 Å². The number of aromatic amines is 1. The van der Waals surface area contributed by atoms with E-state index in [0.717, 1.165) is 22.4 Å². The summed E-state index contributed by atoms with van der Waals surface area (Å²) in [5.74, 6) is 0. The van der Waals surface area contributed by atoms with Crippen molar-refractivity contribution in [2.75, 3.05) is 6.26 Å². The van der Waals surface area contributed by atoms with Crippen LogP contribution in [-0.4, -0.2) is 20.8 Å². The lowest BCUT2D eigenvalue weighted by Gasteiger charge is -2.04. The van der Waals surface area contributed by atoms with Crippen LogP contribution >= 0.6 is 24.0 Å². The molecule has 0 bridgehead atoms. The fourth-order valence-electron chi connectivity index (χ4n) is 2.07. The number of nitrogens with one attached hydrogen (secondary N) is 1. The Bertz CT molecular complexity index is 785. The number of benzene rings is 1. The summed E-state index contributed by atoms with van der Waals surface area (Å²) in [4.78, 5) is 8.92. The Labute approximate surface area is 120 Å². The number of hydrogen-bond donors (Lipinski definition) is 1. The van der Waals surface area contributed by atoms with Gasteiger partial charge in [0.25, 0.3) is 0 Å². The molecule has 1 N–H and O–H groups in total. The number of hydrogen-bond acceptors (Lipinski definition) is 3. The first kappa shape index (κ1) is 12.4. The van der Waals surface area contributed by atoms with Crippen molar-refractivity contribution >= 4 is 35.1 Å². The van der Waals surface area contributed by atoms with Crippen LogP contribution in [0, 0.1) is 11.7 Å². The average molecular weight is 287 g/mol. The Morgan fingerprint density at radius 1 is 1.26 bits per heavy atom. The van der Waals surface area contributed by atoms with E-state index in [-0.39, 0.29) is 0 Å². The van der Waals surface area contributed by atoms with Gasteiger partial charge < -0.3 is 4.98 Å². The third kappa shape index (κ3) is 2.19. The van der Waals surface area contributed by atoms with Crippen LogP contribution in [0.1, 0.15) is 5.56 Å². The quantitative estimate of drug-likeness (QED) is 0.569. The molecule has 96 valence electrons. The molecule has 0 fully saturated rings. The number of imidazole rings is 1. The lowest BCUT2D eigenvalue weighted by Crippen LogP contribution is -1.95. The molecule has 1 aromatic carbocycles. The maximum absolute atomic E-state index is 5.40. The van der Waals surface area contributed by atoms with Crippen molar-refractivity contribution in [2.45, 2.75) is 11.8 Å². The van der Waals surface area contributed by atoms with Gasteiger partial charge in [0.05, 0.1) is 5.52 Å². The van der Waals surface area contributed by atoms with E-state index in [4.69, 9.17) is 12.2 Å². The number of aromatic nitrogens is 3. The van der Waals surface area contributed by atoms with Crippen molar-refractivity contribution in [3.8, 4) is 5.69 Å². The molecule has 0 saturated carbocycles. The molecule has 0 saturated heterocycles. The van der Waals surface area contributed by atoms with E-state index in [1.54, 1.807) is 11.8 Å². The molecule has 0 spiro atoms. The minimum Gasteiger partial charge on any atom is -0.329 e. The summed E-state index contributed by atoms with van der Waals surface area (Å²) < 4.78 is 2.64. The smallest absolute Gasteiger partial charge is 0.183 e. The van der Waals surface area contributed by atoms with Gasteiger partial charge in [0.2, 0.25) is 0 Å². The van der Waals surface area contributed by atoms with Gasteiger partial charge in [0.1, 0.15) is 0 Å². The molecule has 0 aliphatic carbocycles. The number of aryl methyl sites for hydroxylation is 1. The molecule has 0 atom stereocenters. The third-order valence-electron chi connectivity index (χ3n) is 2.99. The highest BCUT2D eigenvalue weighted by Gasteiger charge is 2.07. The van der Waals surface area contributed by atoms with Crippen LogP contribution in [0.4, 0.5) is 0 Å². The molecule has 3 rings (SSSR count). The van der Waals surface area contributed by atoms with Gasteiger partial charge in [-0.1, -0.05) is 0 Å². The van der Waals surface area contributed by atoms with Crippen LogP contribution in [0.2, 0.25) is 0 Å². The van der Waals surface area contributed by atoms with Crippen LogP contribution in [0.25, 0.3) is 16.9 Å². The van der Waals surface area contributed by atoms with Gasteiger partial charge in [-0.3, -0.25) is 4.57 Å². The first-order chi connectivity index (χ1) is 9.19. The monoisotopic (exact) mass is 287 g/mol. The molecule has 5 heteroatoms. The Morgan fingerprint density at radius 2 is 2.00 bits per heavy atom. The van der Waals surface area contributed by atoms with E-state index in [1.807, 2.05) is 17.7 Å². The number of nitrogens with zero attached hydrogens (tertiary/aromatic N) is 2. The molecule has 0 aliphatic heterocycles. The number of rotatable bonds is 2. The number of thioether (sulfide) groups is 1. The second-order valence-corrected chi connectivity index (χ2v) is 5.61. The van der Waals surface area contributed by atoms with E-state index in [1.165, 1.54) is 4.90 Å². The summed E-state index contributed by atoms with van der Waals surface area (Å²) >= 11 is 7.13. The second-order valence-electron chi connectivity index (χ2n) is 4.35. The van der Waals surface area contributed by atoms with Gasteiger partial charge in [-0.25, -0.2) is 4.98 Å². The fourth-order valence-corrected chi connectivity index (χ4v) is 2.78. The van der Waals surface area contributed by atoms with Gasteiger partial charge in [0, 0.05) is 16.8 Å². The fraction of sp³-hybridized carbons (Fsp3) is 0.143. The summed E-state index contributed by atoms with van der Waals surface area (Å²) in [6, 6.07) is 10.4. The molecule has 0 radical (unpaired) electrons. The molecular weight excluding hydrogens is 274 g/mol. The van der Waals surface area contributed by atoms with Crippen LogP contribution < -0.4 is 0 Å². The zero-order valence-corrected chi connectivity index (χ0v) is 12.3. The normalized spacial score (nSPS) is 11.1. The number of fused-ring (bicyclic) bond motifs is 1. The Balaban J connectivity index is 2.23. The van der Waals surface area contributed by atoms with Crippen LogP contribution in [0.15, 0.2) is 41.4 Å². The summed E-state index contributed by atoms with van der Waals surface area (Å²) in [5, 5.41) is 0. The van der Waals surface area contributed by atoms with Gasteiger partial charge in [-0.2, -0.15) is 0 Å². The molecule has 2 heterocycles. The minimum atomic E-state index is 0.671. The zero-order valence-electron chi connectivity index (χ0n) is 10.7. The summed E-state index contributed by atoms with van der Waals surface area (Å²) in [5.41, 5.74) is 3.99. The molecule has 0 unspecified atom stereocenters. The molecule has 19 heavy (non-hydrogen) atoms. The minimum absolute atomic E-state index is 0.671. The molecule has 0 amide bonds. The molecule has 0 aliphatic rings. The van der Waals surface area contributed by atoms with E-state index < -0.39 is 0 Å². The first-order valence-corrected chi connectivity index (χ1v) is 7.54. The largest absolute Gasteiger partial charge is 0.329 e. The predicted octanol–water partition coefficient (Wildman–Crippen LogP) is 4.11. The van der Waals surface area contributed by atoms with Crippen molar-refractivity contribution in [1.82, 2.24) is 14.5 Å². The topological polar surface area (TPSA) is 33.6 Å². The maximum Gasteiger partial charge on any atom is 0.183 e. The van der Waals surface area contributed by atoms with Gasteiger partial charge in [-0.15, -0.1) is 11.8 Å². The SMILES string of the molecule is CSc1ccc(-n2c(=S)[nH]c3cc(C)cnc32)cc1. The van der Waals surface area contributed by atoms with Crippen LogP contribution in [-0.2, 0) is 0 Å². The van der Waals surface area contributed by atoms with E-state index in [0.29, 0.717) is 4.77 Å². The summed E-state index contributed by atoms with van der Waals surface area (Å²) in [7, 11) is 0. The van der Waals surface area contributed by atoms with Gasteiger partial charge in [0.15, 0.2) is 10.4 Å². The highest BCUT2D eigenvalue weighted by molar-refractivity contribution is 7.98. The summed E-state index contributed by atoms with van der Waals surface area (Å²) in [6.45, 7) is 2.02. The van der Waals surface area contributed by atoms with Crippen LogP contribution in [0.3, 0.4) is 0 Å². The highest BCUT2D eigenvalue weighted by atomic mass is 32.2. The summed E-state index contributed by atoms with van der Waals surface area (Å²) in [6.07, 6.45) is 3.92. The third-order valence-corrected chi connectivity index (χ3v) is 4.02. The van der Waals surface area contributed by atoms with E-state index in [9.17, 15) is 0 Å². The van der Waals surface area contributed by atoms with Crippen molar-refractivity contribution in [2.24, 2.45) is 0 Å². The number of H-pyrrole nitrogens is 1. The molecular formula is C14H13N3S2. The molecule has 2 aromatic heterocycles. The molecule has 3 nitrogen and oxygen atoms in total. The Hall–Kier alpha value is -1.59. The highest BCUT2D eigenvalue weighted by Crippen LogP contribution is 2.21. The van der Waals surface area contributed by atoms with Crippen LogP contribution in [0.5, 0.6) is 0 Å². The van der Waals surface area contributed by atoms with Crippen molar-refractivity contribution in [3.05, 3.63) is 46.9 Å². The average Bonchev–Trinajstić information content (AvgIpc) is 2.74. The molecule has 3 aromatic rings. The lowest BCUT2D eigenvalue weighted by atomic mass is 10.3. The van der Waals surface area contributed by atoms with Crippen molar-refractivity contribution in [1.29, 1.82) is 0 Å². The second kappa shape index (κ2) is 4.83. The number of pyridine rings is 1. The standard InChI is InChI=1S/C14H13N3S2/c1-9-7-12-13(15-8-9)17(14(18)16-12)10-3-5-11(19-2)6-4-10/h3-8H,1-2H3,(H,16,18). The zero-order chi connectivity index (χ0) is 13.4. The van der Waals surface area contributed by atoms with Crippen molar-refractivity contribution in [3.63, 3.8) is 0 Å². The first-order valence-electron chi connectivity index (χ1n) is 5.91.